The second-order valence-electron chi connectivity index (χ2n) is 7.54. The minimum atomic E-state index is -1.03. The first kappa shape index (κ1) is 20.2. The highest BCUT2D eigenvalue weighted by atomic mass is 19.1. The molecule has 13 heteroatoms. The van der Waals surface area contributed by atoms with Crippen molar-refractivity contribution in [2.24, 2.45) is 7.05 Å². The fraction of sp³-hybridized carbons (Fsp3) is 0.421. The molecule has 0 spiro atoms. The Labute approximate surface area is 181 Å². The second kappa shape index (κ2) is 8.07. The monoisotopic (exact) mass is 444 g/mol. The molecule has 168 valence electrons. The molecule has 5 rings (SSSR count). The molecule has 2 saturated heterocycles. The molecule has 1 N–H and O–H groups in total. The van der Waals surface area contributed by atoms with Gasteiger partial charge in [0.1, 0.15) is 11.7 Å². The third-order valence-electron chi connectivity index (χ3n) is 5.29. The van der Waals surface area contributed by atoms with Gasteiger partial charge in [-0.1, -0.05) is 0 Å². The molecule has 0 unspecified atom stereocenters. The number of alkyl halides is 1. The van der Waals surface area contributed by atoms with E-state index in [9.17, 15) is 14.0 Å². The number of pyridine rings is 1. The summed E-state index contributed by atoms with van der Waals surface area (Å²) < 4.78 is 26.6. The standard InChI is InChI=1S/C19H21FN8O4/c1-25-17(14(8-21-25)16(29)27-9-12(20)10-27)32-19(30)22-13-2-3-15-23-18(24-28(15)11-13)26-4-6-31-7-5-26/h2-3,8,11-12H,4-7,9-10H2,1H3,(H,22,30). The number of hydrogen-bond donors (Lipinski definition) is 1. The lowest BCUT2D eigenvalue weighted by Gasteiger charge is -2.34. The van der Waals surface area contributed by atoms with Crippen LogP contribution in [0.25, 0.3) is 5.65 Å². The number of morpholine rings is 1. The van der Waals surface area contributed by atoms with Gasteiger partial charge < -0.3 is 19.3 Å². The first-order valence-electron chi connectivity index (χ1n) is 10.1. The van der Waals surface area contributed by atoms with Crippen LogP contribution in [0.3, 0.4) is 0 Å². The largest absolute Gasteiger partial charge is 0.418 e. The van der Waals surface area contributed by atoms with Crippen LogP contribution in [0.1, 0.15) is 10.4 Å². The highest BCUT2D eigenvalue weighted by molar-refractivity contribution is 5.98. The summed E-state index contributed by atoms with van der Waals surface area (Å²) in [7, 11) is 1.54. The molecule has 2 fully saturated rings. The number of carbonyl (C=O) groups is 2. The minimum Gasteiger partial charge on any atom is -0.390 e. The maximum absolute atomic E-state index is 13.1. The van der Waals surface area contributed by atoms with E-state index in [1.807, 2.05) is 4.90 Å². The van der Waals surface area contributed by atoms with E-state index in [1.54, 1.807) is 29.9 Å². The van der Waals surface area contributed by atoms with E-state index in [1.165, 1.54) is 15.8 Å². The number of nitrogens with zero attached hydrogens (tertiary/aromatic N) is 7. The number of fused-ring (bicyclic) bond motifs is 1. The van der Waals surface area contributed by atoms with Gasteiger partial charge in [-0.2, -0.15) is 10.1 Å². The molecule has 3 aromatic heterocycles. The molecule has 12 nitrogen and oxygen atoms in total. The van der Waals surface area contributed by atoms with Gasteiger partial charge in [0.05, 0.1) is 44.4 Å². The maximum Gasteiger partial charge on any atom is 0.418 e. The van der Waals surface area contributed by atoms with Crippen molar-refractivity contribution in [3.63, 3.8) is 0 Å². The van der Waals surface area contributed by atoms with Crippen LogP contribution in [0.2, 0.25) is 0 Å². The van der Waals surface area contributed by atoms with E-state index in [0.29, 0.717) is 43.6 Å². The van der Waals surface area contributed by atoms with Crippen molar-refractivity contribution in [2.45, 2.75) is 6.17 Å². The number of halogens is 1. The normalized spacial score (nSPS) is 16.8. The fourth-order valence-electron chi connectivity index (χ4n) is 3.53. The molecular formula is C19H21FN8O4. The van der Waals surface area contributed by atoms with Gasteiger partial charge in [-0.3, -0.25) is 10.1 Å². The Morgan fingerprint density at radius 3 is 2.78 bits per heavy atom. The number of rotatable bonds is 4. The summed E-state index contributed by atoms with van der Waals surface area (Å²) in [5.41, 5.74) is 1.15. The van der Waals surface area contributed by atoms with Gasteiger partial charge >= 0.3 is 6.09 Å². The predicted molar refractivity (Wildman–Crippen MR) is 110 cm³/mol. The summed E-state index contributed by atoms with van der Waals surface area (Å²) in [6, 6.07) is 3.40. The Balaban J connectivity index is 1.28. The molecule has 0 aromatic carbocycles. The predicted octanol–water partition coefficient (Wildman–Crippen LogP) is 0.704. The van der Waals surface area contributed by atoms with Crippen LogP contribution in [0, 0.1) is 0 Å². The molecule has 5 heterocycles. The lowest BCUT2D eigenvalue weighted by Crippen LogP contribution is -2.51. The van der Waals surface area contributed by atoms with Gasteiger partial charge in [-0.15, -0.1) is 5.10 Å². The molecular weight excluding hydrogens is 423 g/mol. The van der Waals surface area contributed by atoms with Gasteiger partial charge in [0.2, 0.25) is 11.8 Å². The number of anilines is 2. The number of nitrogens with one attached hydrogen (secondary N) is 1. The third kappa shape index (κ3) is 3.82. The Kier molecular flexibility index (Phi) is 5.09. The molecule has 0 radical (unpaired) electrons. The van der Waals surface area contributed by atoms with E-state index in [2.05, 4.69) is 20.5 Å². The van der Waals surface area contributed by atoms with Gasteiger partial charge in [-0.05, 0) is 12.1 Å². The molecule has 2 amide bonds. The molecule has 0 aliphatic carbocycles. The summed E-state index contributed by atoms with van der Waals surface area (Å²) in [4.78, 5) is 32.8. The summed E-state index contributed by atoms with van der Waals surface area (Å²) in [6.07, 6.45) is 1.08. The Morgan fingerprint density at radius 1 is 1.25 bits per heavy atom. The highest BCUT2D eigenvalue weighted by Gasteiger charge is 2.34. The zero-order chi connectivity index (χ0) is 22.2. The van der Waals surface area contributed by atoms with Crippen molar-refractivity contribution < 1.29 is 23.5 Å². The lowest BCUT2D eigenvalue weighted by atomic mass is 10.1. The number of amides is 2. The number of aryl methyl sites for hydroxylation is 1. The molecule has 0 atom stereocenters. The van der Waals surface area contributed by atoms with Gasteiger partial charge in [0.15, 0.2) is 5.65 Å². The van der Waals surface area contributed by atoms with Crippen molar-refractivity contribution in [2.75, 3.05) is 49.6 Å². The number of aromatic nitrogens is 5. The third-order valence-corrected chi connectivity index (χ3v) is 5.29. The zero-order valence-electron chi connectivity index (χ0n) is 17.3. The summed E-state index contributed by atoms with van der Waals surface area (Å²) in [5, 5.41) is 11.1. The van der Waals surface area contributed by atoms with Crippen molar-refractivity contribution in [3.8, 4) is 5.88 Å². The van der Waals surface area contributed by atoms with Crippen molar-refractivity contribution >= 4 is 29.3 Å². The lowest BCUT2D eigenvalue weighted by molar-refractivity contribution is 0.0397. The molecule has 32 heavy (non-hydrogen) atoms. The summed E-state index contributed by atoms with van der Waals surface area (Å²) in [6.45, 7) is 2.71. The van der Waals surface area contributed by atoms with E-state index in [4.69, 9.17) is 9.47 Å². The van der Waals surface area contributed by atoms with Crippen LogP contribution in [0.5, 0.6) is 5.88 Å². The molecule has 2 aliphatic rings. The maximum atomic E-state index is 13.1. The van der Waals surface area contributed by atoms with Crippen molar-refractivity contribution in [1.82, 2.24) is 29.3 Å². The number of ether oxygens (including phenoxy) is 2. The summed E-state index contributed by atoms with van der Waals surface area (Å²) in [5.74, 6) is 0.133. The average molecular weight is 444 g/mol. The average Bonchev–Trinajstić information content (AvgIpc) is 3.35. The van der Waals surface area contributed by atoms with E-state index in [-0.39, 0.29) is 24.5 Å². The zero-order valence-corrected chi connectivity index (χ0v) is 17.3. The van der Waals surface area contributed by atoms with Crippen LogP contribution >= 0.6 is 0 Å². The number of hydrogen-bond acceptors (Lipinski definition) is 8. The van der Waals surface area contributed by atoms with Gasteiger partial charge in [0.25, 0.3) is 5.91 Å². The Bertz CT molecular complexity index is 1170. The highest BCUT2D eigenvalue weighted by Crippen LogP contribution is 2.23. The molecule has 0 saturated carbocycles. The van der Waals surface area contributed by atoms with Crippen LogP contribution in [-0.4, -0.2) is 86.8 Å². The topological polar surface area (TPSA) is 119 Å². The fourth-order valence-corrected chi connectivity index (χ4v) is 3.53. The van der Waals surface area contributed by atoms with Crippen LogP contribution in [0.4, 0.5) is 20.8 Å². The van der Waals surface area contributed by atoms with E-state index in [0.717, 1.165) is 0 Å². The van der Waals surface area contributed by atoms with Crippen LogP contribution in [-0.2, 0) is 11.8 Å². The molecule has 2 aliphatic heterocycles. The van der Waals surface area contributed by atoms with Gasteiger partial charge in [-0.25, -0.2) is 18.4 Å². The van der Waals surface area contributed by atoms with Gasteiger partial charge in [0, 0.05) is 20.1 Å². The van der Waals surface area contributed by atoms with Crippen molar-refractivity contribution in [3.05, 3.63) is 30.1 Å². The minimum absolute atomic E-state index is 0.0176. The quantitative estimate of drug-likeness (QED) is 0.625. The molecule has 0 bridgehead atoms. The Morgan fingerprint density at radius 2 is 2.03 bits per heavy atom. The first-order valence-corrected chi connectivity index (χ1v) is 10.1. The SMILES string of the molecule is Cn1ncc(C(=O)N2CC(F)C2)c1OC(=O)Nc1ccc2nc(N3CCOCC3)nn2c1. The second-order valence-corrected chi connectivity index (χ2v) is 7.54. The summed E-state index contributed by atoms with van der Waals surface area (Å²) >= 11 is 0. The van der Waals surface area contributed by atoms with Crippen LogP contribution < -0.4 is 15.0 Å². The Hall–Kier alpha value is -3.74. The number of likely N-dealkylation sites (tertiary alicyclic amines) is 1. The number of carbonyl (C=O) groups excluding carboxylic acids is 2. The van der Waals surface area contributed by atoms with E-state index < -0.39 is 18.2 Å². The van der Waals surface area contributed by atoms with Crippen molar-refractivity contribution in [1.29, 1.82) is 0 Å². The smallest absolute Gasteiger partial charge is 0.390 e. The molecule has 3 aromatic rings. The first-order chi connectivity index (χ1) is 15.5. The van der Waals surface area contributed by atoms with E-state index >= 15 is 0 Å². The van der Waals surface area contributed by atoms with Crippen LogP contribution in [0.15, 0.2) is 24.5 Å².